The van der Waals surface area contributed by atoms with Gasteiger partial charge in [0, 0.05) is 24.3 Å². The lowest BCUT2D eigenvalue weighted by molar-refractivity contribution is 0.0601. The number of rotatable bonds is 3. The van der Waals surface area contributed by atoms with Crippen LogP contribution in [-0.2, 0) is 0 Å². The molecule has 0 saturated heterocycles. The second-order valence-corrected chi connectivity index (χ2v) is 4.63. The molecule has 1 fully saturated rings. The molecule has 16 heavy (non-hydrogen) atoms. The average molecular weight is 222 g/mol. The van der Waals surface area contributed by atoms with Crippen molar-refractivity contribution in [1.82, 2.24) is 0 Å². The molecule has 5 N–H and O–H groups in total. The molecule has 1 aromatic carbocycles. The van der Waals surface area contributed by atoms with E-state index in [0.717, 1.165) is 18.5 Å². The number of phenolic OH excluding ortho intramolecular Hbond substituents is 1. The molecule has 2 atom stereocenters. The predicted octanol–water partition coefficient (Wildman–Crippen LogP) is 1.05. The molecule has 0 radical (unpaired) electrons. The first-order valence-electron chi connectivity index (χ1n) is 5.58. The molecular weight excluding hydrogens is 204 g/mol. The molecule has 4 nitrogen and oxygen atoms in total. The van der Waals surface area contributed by atoms with Gasteiger partial charge in [0.1, 0.15) is 5.75 Å². The second kappa shape index (κ2) is 4.31. The van der Waals surface area contributed by atoms with Crippen LogP contribution in [0.1, 0.15) is 19.3 Å². The minimum Gasteiger partial charge on any atom is -0.508 e. The van der Waals surface area contributed by atoms with E-state index in [-0.39, 0.29) is 11.8 Å². The number of benzene rings is 1. The summed E-state index contributed by atoms with van der Waals surface area (Å²) in [5, 5.41) is 22.6. The van der Waals surface area contributed by atoms with Crippen molar-refractivity contribution < 1.29 is 10.2 Å². The van der Waals surface area contributed by atoms with Crippen molar-refractivity contribution in [2.75, 3.05) is 11.9 Å². The maximum atomic E-state index is 10.2. The van der Waals surface area contributed by atoms with Crippen LogP contribution in [0.15, 0.2) is 24.3 Å². The van der Waals surface area contributed by atoms with Gasteiger partial charge in [-0.25, -0.2) is 0 Å². The fraction of sp³-hybridized carbons (Fsp3) is 0.500. The molecule has 88 valence electrons. The van der Waals surface area contributed by atoms with E-state index in [2.05, 4.69) is 5.32 Å². The van der Waals surface area contributed by atoms with Crippen LogP contribution in [0.25, 0.3) is 0 Å². The Morgan fingerprint density at radius 3 is 2.94 bits per heavy atom. The Hall–Kier alpha value is -1.26. The number of aliphatic hydroxyl groups is 1. The summed E-state index contributed by atoms with van der Waals surface area (Å²) in [6.07, 6.45) is 2.25. The largest absolute Gasteiger partial charge is 0.508 e. The Labute approximate surface area is 95.1 Å². The van der Waals surface area contributed by atoms with E-state index < -0.39 is 5.60 Å². The van der Waals surface area contributed by atoms with E-state index in [1.807, 2.05) is 6.07 Å². The molecule has 1 aliphatic rings. The first-order valence-corrected chi connectivity index (χ1v) is 5.58. The normalized spacial score (nSPS) is 29.2. The van der Waals surface area contributed by atoms with Crippen LogP contribution in [0, 0.1) is 0 Å². The van der Waals surface area contributed by atoms with Crippen LogP contribution in [0.3, 0.4) is 0 Å². The third-order valence-electron chi connectivity index (χ3n) is 3.09. The van der Waals surface area contributed by atoms with Gasteiger partial charge in [-0.2, -0.15) is 0 Å². The fourth-order valence-corrected chi connectivity index (χ4v) is 2.19. The first kappa shape index (κ1) is 11.2. The molecule has 1 saturated carbocycles. The highest BCUT2D eigenvalue weighted by Crippen LogP contribution is 2.29. The highest BCUT2D eigenvalue weighted by atomic mass is 16.3. The molecule has 0 spiro atoms. The third-order valence-corrected chi connectivity index (χ3v) is 3.09. The van der Waals surface area contributed by atoms with Gasteiger partial charge in [-0.15, -0.1) is 0 Å². The van der Waals surface area contributed by atoms with Crippen LogP contribution in [0.4, 0.5) is 5.69 Å². The molecule has 0 aliphatic heterocycles. The Bertz CT molecular complexity index is 370. The van der Waals surface area contributed by atoms with Crippen molar-refractivity contribution in [2.24, 2.45) is 5.73 Å². The molecule has 0 heterocycles. The fourth-order valence-electron chi connectivity index (χ4n) is 2.19. The summed E-state index contributed by atoms with van der Waals surface area (Å²) in [5.74, 6) is 0.222. The van der Waals surface area contributed by atoms with Crippen molar-refractivity contribution in [1.29, 1.82) is 0 Å². The smallest absolute Gasteiger partial charge is 0.117 e. The Kier molecular flexibility index (Phi) is 3.03. The molecule has 1 aromatic rings. The molecule has 4 heteroatoms. The zero-order valence-corrected chi connectivity index (χ0v) is 9.19. The summed E-state index contributed by atoms with van der Waals surface area (Å²) in [7, 11) is 0. The van der Waals surface area contributed by atoms with Crippen LogP contribution in [0.5, 0.6) is 5.75 Å². The highest BCUT2D eigenvalue weighted by molar-refractivity contribution is 5.47. The van der Waals surface area contributed by atoms with E-state index >= 15 is 0 Å². The van der Waals surface area contributed by atoms with Gasteiger partial charge < -0.3 is 21.3 Å². The lowest BCUT2D eigenvalue weighted by Crippen LogP contribution is -2.35. The van der Waals surface area contributed by atoms with E-state index in [1.165, 1.54) is 0 Å². The van der Waals surface area contributed by atoms with Gasteiger partial charge in [0.15, 0.2) is 0 Å². The van der Waals surface area contributed by atoms with Gasteiger partial charge in [0.2, 0.25) is 0 Å². The van der Waals surface area contributed by atoms with Crippen molar-refractivity contribution in [3.8, 4) is 5.75 Å². The van der Waals surface area contributed by atoms with Crippen LogP contribution >= 0.6 is 0 Å². The van der Waals surface area contributed by atoms with Crippen molar-refractivity contribution >= 4 is 5.69 Å². The summed E-state index contributed by atoms with van der Waals surface area (Å²) >= 11 is 0. The number of nitrogens with two attached hydrogens (primary N) is 1. The Balaban J connectivity index is 1.92. The minimum absolute atomic E-state index is 0.107. The zero-order valence-electron chi connectivity index (χ0n) is 9.19. The van der Waals surface area contributed by atoms with E-state index in [0.29, 0.717) is 13.0 Å². The number of aromatic hydroxyl groups is 1. The maximum absolute atomic E-state index is 10.2. The van der Waals surface area contributed by atoms with E-state index in [1.54, 1.807) is 18.2 Å². The van der Waals surface area contributed by atoms with Gasteiger partial charge >= 0.3 is 0 Å². The highest BCUT2D eigenvalue weighted by Gasteiger charge is 2.35. The molecule has 1 aliphatic carbocycles. The summed E-state index contributed by atoms with van der Waals surface area (Å²) in [6.45, 7) is 0.476. The topological polar surface area (TPSA) is 78.5 Å². The van der Waals surface area contributed by atoms with Gasteiger partial charge in [0.05, 0.1) is 5.60 Å². The molecule has 2 rings (SSSR count). The van der Waals surface area contributed by atoms with Crippen LogP contribution < -0.4 is 11.1 Å². The maximum Gasteiger partial charge on any atom is 0.117 e. The average Bonchev–Trinajstić information content (AvgIpc) is 2.57. The Morgan fingerprint density at radius 2 is 2.31 bits per heavy atom. The van der Waals surface area contributed by atoms with Gasteiger partial charge in [-0.1, -0.05) is 6.07 Å². The van der Waals surface area contributed by atoms with Gasteiger partial charge in [0.25, 0.3) is 0 Å². The quantitative estimate of drug-likeness (QED) is 0.616. The van der Waals surface area contributed by atoms with Gasteiger partial charge in [-0.3, -0.25) is 0 Å². The molecular formula is C12H18N2O2. The van der Waals surface area contributed by atoms with Crippen molar-refractivity contribution in [2.45, 2.75) is 30.9 Å². The monoisotopic (exact) mass is 222 g/mol. The lowest BCUT2D eigenvalue weighted by atomic mass is 10.0. The molecule has 0 aromatic heterocycles. The standard InChI is InChI=1S/C12H18N2O2/c13-9-4-5-12(16,7-9)8-14-10-2-1-3-11(15)6-10/h1-3,6,9,14-16H,4-5,7-8,13H2. The van der Waals surface area contributed by atoms with E-state index in [9.17, 15) is 10.2 Å². The SMILES string of the molecule is NC1CCC(O)(CNc2cccc(O)c2)C1. The first-order chi connectivity index (χ1) is 7.57. The summed E-state index contributed by atoms with van der Waals surface area (Å²) in [5.41, 5.74) is 5.89. The van der Waals surface area contributed by atoms with Crippen molar-refractivity contribution in [3.05, 3.63) is 24.3 Å². The van der Waals surface area contributed by atoms with E-state index in [4.69, 9.17) is 5.73 Å². The van der Waals surface area contributed by atoms with Crippen LogP contribution in [-0.4, -0.2) is 28.4 Å². The summed E-state index contributed by atoms with van der Waals surface area (Å²) < 4.78 is 0. The second-order valence-electron chi connectivity index (χ2n) is 4.63. The molecule has 2 unspecified atom stereocenters. The Morgan fingerprint density at radius 1 is 1.50 bits per heavy atom. The third kappa shape index (κ3) is 2.65. The van der Waals surface area contributed by atoms with Gasteiger partial charge in [-0.05, 0) is 31.4 Å². The number of nitrogens with one attached hydrogen (secondary N) is 1. The lowest BCUT2D eigenvalue weighted by Gasteiger charge is -2.23. The predicted molar refractivity (Wildman–Crippen MR) is 63.4 cm³/mol. The minimum atomic E-state index is -0.703. The van der Waals surface area contributed by atoms with Crippen LogP contribution in [0.2, 0.25) is 0 Å². The molecule has 0 amide bonds. The number of phenols is 1. The number of anilines is 1. The molecule has 0 bridgehead atoms. The van der Waals surface area contributed by atoms with Crippen molar-refractivity contribution in [3.63, 3.8) is 0 Å². The number of hydrogen-bond donors (Lipinski definition) is 4. The zero-order chi connectivity index (χ0) is 11.6. The number of hydrogen-bond acceptors (Lipinski definition) is 4. The summed E-state index contributed by atoms with van der Waals surface area (Å²) in [6, 6.07) is 6.99. The summed E-state index contributed by atoms with van der Waals surface area (Å²) in [4.78, 5) is 0.